The second-order valence-electron chi connectivity index (χ2n) is 3.75. The summed E-state index contributed by atoms with van der Waals surface area (Å²) in [5.74, 6) is -0.928. The molecular formula is C13H14N2O4. The number of carboxylic acids is 1. The van der Waals surface area contributed by atoms with Crippen molar-refractivity contribution in [3.63, 3.8) is 0 Å². The topological polar surface area (TPSA) is 81.5 Å². The van der Waals surface area contributed by atoms with Gasteiger partial charge >= 0.3 is 5.97 Å². The van der Waals surface area contributed by atoms with E-state index in [2.05, 4.69) is 10.2 Å². The normalized spacial score (nSPS) is 10.6. The molecular weight excluding hydrogens is 248 g/mol. The summed E-state index contributed by atoms with van der Waals surface area (Å²) in [4.78, 5) is 11.1. The van der Waals surface area contributed by atoms with Crippen LogP contribution < -0.4 is 4.74 Å². The number of hydrogen-bond donors (Lipinski definition) is 1. The lowest BCUT2D eigenvalue weighted by atomic mass is 10.2. The Morgan fingerprint density at radius 3 is 2.79 bits per heavy atom. The highest BCUT2D eigenvalue weighted by atomic mass is 16.5. The van der Waals surface area contributed by atoms with Gasteiger partial charge in [-0.1, -0.05) is 12.1 Å². The molecule has 1 N–H and O–H groups in total. The van der Waals surface area contributed by atoms with Gasteiger partial charge in [-0.25, -0.2) is 4.79 Å². The molecule has 1 heterocycles. The Morgan fingerprint density at radius 2 is 2.05 bits per heavy atom. The highest BCUT2D eigenvalue weighted by Crippen LogP contribution is 2.26. The Balaban J connectivity index is 2.35. The summed E-state index contributed by atoms with van der Waals surface area (Å²) in [5, 5.41) is 17.3. The van der Waals surface area contributed by atoms with E-state index < -0.39 is 5.97 Å². The summed E-state index contributed by atoms with van der Waals surface area (Å²) in [5.41, 5.74) is 0.411. The van der Waals surface area contributed by atoms with Gasteiger partial charge in [-0.15, -0.1) is 10.2 Å². The van der Waals surface area contributed by atoms with Crippen LogP contribution in [0.1, 0.15) is 17.4 Å². The van der Waals surface area contributed by atoms with E-state index in [1.165, 1.54) is 0 Å². The molecule has 100 valence electrons. The van der Waals surface area contributed by atoms with E-state index in [1.54, 1.807) is 24.3 Å². The lowest BCUT2D eigenvalue weighted by Gasteiger charge is -2.10. The van der Waals surface area contributed by atoms with E-state index in [-0.39, 0.29) is 18.1 Å². The number of benzene rings is 1. The van der Waals surface area contributed by atoms with Crippen LogP contribution >= 0.6 is 0 Å². The van der Waals surface area contributed by atoms with Crippen molar-refractivity contribution in [1.82, 2.24) is 10.2 Å². The zero-order valence-electron chi connectivity index (χ0n) is 10.5. The zero-order valence-corrected chi connectivity index (χ0v) is 10.5. The van der Waals surface area contributed by atoms with E-state index in [9.17, 15) is 4.79 Å². The molecule has 2 rings (SSSR count). The van der Waals surface area contributed by atoms with Gasteiger partial charge in [0.05, 0.1) is 12.1 Å². The Kier molecular flexibility index (Phi) is 4.25. The average molecular weight is 262 g/mol. The Morgan fingerprint density at radius 1 is 1.26 bits per heavy atom. The molecule has 0 unspecified atom stereocenters. The van der Waals surface area contributed by atoms with E-state index in [1.807, 2.05) is 6.92 Å². The SMILES string of the molecule is CCOCCOc1c(C(=O)O)nnc2ccccc12. The highest BCUT2D eigenvalue weighted by Gasteiger charge is 2.17. The number of carbonyl (C=O) groups is 1. The number of fused-ring (bicyclic) bond motifs is 1. The van der Waals surface area contributed by atoms with Gasteiger partial charge in [0.2, 0.25) is 5.69 Å². The van der Waals surface area contributed by atoms with Crippen molar-refractivity contribution in [1.29, 1.82) is 0 Å². The van der Waals surface area contributed by atoms with E-state index in [4.69, 9.17) is 14.6 Å². The average Bonchev–Trinajstić information content (AvgIpc) is 2.43. The monoisotopic (exact) mass is 262 g/mol. The first-order valence-corrected chi connectivity index (χ1v) is 5.93. The molecule has 0 atom stereocenters. The van der Waals surface area contributed by atoms with Crippen molar-refractivity contribution in [2.24, 2.45) is 0 Å². The van der Waals surface area contributed by atoms with Gasteiger partial charge in [-0.3, -0.25) is 0 Å². The van der Waals surface area contributed by atoms with Crippen molar-refractivity contribution >= 4 is 16.9 Å². The maximum absolute atomic E-state index is 11.1. The fourth-order valence-corrected chi connectivity index (χ4v) is 1.66. The molecule has 0 bridgehead atoms. The number of ether oxygens (including phenoxy) is 2. The molecule has 0 saturated heterocycles. The third-order valence-electron chi connectivity index (χ3n) is 2.50. The lowest BCUT2D eigenvalue weighted by molar-refractivity contribution is 0.0679. The molecule has 0 aliphatic carbocycles. The van der Waals surface area contributed by atoms with Crippen LogP contribution in [0.25, 0.3) is 10.9 Å². The van der Waals surface area contributed by atoms with Crippen molar-refractivity contribution in [2.75, 3.05) is 19.8 Å². The van der Waals surface area contributed by atoms with Crippen LogP contribution in [0, 0.1) is 0 Å². The van der Waals surface area contributed by atoms with E-state index in [0.717, 1.165) is 0 Å². The van der Waals surface area contributed by atoms with Crippen molar-refractivity contribution in [2.45, 2.75) is 6.92 Å². The molecule has 0 radical (unpaired) electrons. The van der Waals surface area contributed by atoms with Gasteiger partial charge in [0, 0.05) is 12.0 Å². The molecule has 6 heteroatoms. The zero-order chi connectivity index (χ0) is 13.7. The van der Waals surface area contributed by atoms with Crippen molar-refractivity contribution < 1.29 is 19.4 Å². The minimum Gasteiger partial charge on any atom is -0.488 e. The quantitative estimate of drug-likeness (QED) is 0.798. The predicted molar refractivity (Wildman–Crippen MR) is 68.5 cm³/mol. The number of aromatic nitrogens is 2. The summed E-state index contributed by atoms with van der Waals surface area (Å²) < 4.78 is 10.7. The van der Waals surface area contributed by atoms with Crippen molar-refractivity contribution in [3.8, 4) is 5.75 Å². The first-order chi connectivity index (χ1) is 9.24. The Hall–Kier alpha value is -2.21. The minimum atomic E-state index is -1.16. The molecule has 19 heavy (non-hydrogen) atoms. The number of carboxylic acid groups (broad SMARTS) is 1. The lowest BCUT2D eigenvalue weighted by Crippen LogP contribution is -2.12. The number of aromatic carboxylic acids is 1. The van der Waals surface area contributed by atoms with E-state index in [0.29, 0.717) is 24.1 Å². The fourth-order valence-electron chi connectivity index (χ4n) is 1.66. The standard InChI is InChI=1S/C13H14N2O4/c1-2-18-7-8-19-12-9-5-3-4-6-10(9)14-15-11(12)13(16)17/h3-6H,2,7-8H2,1H3,(H,16,17). The summed E-state index contributed by atoms with van der Waals surface area (Å²) in [6.07, 6.45) is 0. The van der Waals surface area contributed by atoms with Crippen LogP contribution in [0.4, 0.5) is 0 Å². The molecule has 0 fully saturated rings. The number of rotatable bonds is 6. The highest BCUT2D eigenvalue weighted by molar-refractivity contribution is 5.96. The smallest absolute Gasteiger partial charge is 0.360 e. The molecule has 2 aromatic rings. The van der Waals surface area contributed by atoms with Crippen LogP contribution in [-0.4, -0.2) is 41.1 Å². The van der Waals surface area contributed by atoms with Gasteiger partial charge in [-0.05, 0) is 19.1 Å². The minimum absolute atomic E-state index is 0.185. The molecule has 0 spiro atoms. The van der Waals surface area contributed by atoms with Crippen LogP contribution in [-0.2, 0) is 4.74 Å². The Bertz CT molecular complexity index is 586. The summed E-state index contributed by atoms with van der Waals surface area (Å²) in [6.45, 7) is 3.13. The van der Waals surface area contributed by atoms with Crippen LogP contribution in [0.3, 0.4) is 0 Å². The Labute approximate surface area is 110 Å². The third-order valence-corrected chi connectivity index (χ3v) is 2.50. The van der Waals surface area contributed by atoms with Crippen LogP contribution in [0.5, 0.6) is 5.75 Å². The van der Waals surface area contributed by atoms with Gasteiger partial charge in [0.15, 0.2) is 5.75 Å². The second-order valence-corrected chi connectivity index (χ2v) is 3.75. The fraction of sp³-hybridized carbons (Fsp3) is 0.308. The third kappa shape index (κ3) is 2.97. The number of nitrogens with zero attached hydrogens (tertiary/aromatic N) is 2. The van der Waals surface area contributed by atoms with E-state index >= 15 is 0 Å². The van der Waals surface area contributed by atoms with Gasteiger partial charge < -0.3 is 14.6 Å². The molecule has 6 nitrogen and oxygen atoms in total. The van der Waals surface area contributed by atoms with Gasteiger partial charge in [0.25, 0.3) is 0 Å². The molecule has 0 saturated carbocycles. The molecule has 0 amide bonds. The maximum atomic E-state index is 11.1. The molecule has 0 aliphatic rings. The van der Waals surface area contributed by atoms with Gasteiger partial charge in [0.1, 0.15) is 6.61 Å². The number of hydrogen-bond acceptors (Lipinski definition) is 5. The first-order valence-electron chi connectivity index (χ1n) is 5.93. The predicted octanol–water partition coefficient (Wildman–Crippen LogP) is 1.74. The molecule has 0 aliphatic heterocycles. The summed E-state index contributed by atoms with van der Waals surface area (Å²) >= 11 is 0. The van der Waals surface area contributed by atoms with Crippen LogP contribution in [0.15, 0.2) is 24.3 Å². The second kappa shape index (κ2) is 6.10. The molecule has 1 aromatic heterocycles. The van der Waals surface area contributed by atoms with Crippen LogP contribution in [0.2, 0.25) is 0 Å². The van der Waals surface area contributed by atoms with Gasteiger partial charge in [-0.2, -0.15) is 0 Å². The maximum Gasteiger partial charge on any atom is 0.360 e. The largest absolute Gasteiger partial charge is 0.488 e. The van der Waals surface area contributed by atoms with Crippen molar-refractivity contribution in [3.05, 3.63) is 30.0 Å². The molecule has 1 aromatic carbocycles. The summed E-state index contributed by atoms with van der Waals surface area (Å²) in [6, 6.07) is 7.11. The first kappa shape index (κ1) is 13.2. The summed E-state index contributed by atoms with van der Waals surface area (Å²) in [7, 11) is 0.